The molecule has 1 aromatic carbocycles. The van der Waals surface area contributed by atoms with Gasteiger partial charge < -0.3 is 9.88 Å². The van der Waals surface area contributed by atoms with Gasteiger partial charge in [-0.3, -0.25) is 4.79 Å². The van der Waals surface area contributed by atoms with E-state index >= 15 is 0 Å². The van der Waals surface area contributed by atoms with E-state index < -0.39 is 0 Å². The van der Waals surface area contributed by atoms with Crippen molar-refractivity contribution in [3.8, 4) is 0 Å². The molecule has 1 saturated heterocycles. The van der Waals surface area contributed by atoms with E-state index in [1.807, 2.05) is 46.8 Å². The van der Waals surface area contributed by atoms with Gasteiger partial charge in [0, 0.05) is 24.5 Å². The smallest absolute Gasteiger partial charge is 0.220 e. The predicted octanol–water partition coefficient (Wildman–Crippen LogP) is 5.10. The first-order valence-electron chi connectivity index (χ1n) is 9.55. The van der Waals surface area contributed by atoms with Gasteiger partial charge in [-0.1, -0.05) is 54.0 Å². The van der Waals surface area contributed by atoms with Crippen LogP contribution in [0.2, 0.25) is 0 Å². The number of amides is 1. The van der Waals surface area contributed by atoms with E-state index in [1.54, 1.807) is 0 Å². The molecule has 2 heterocycles. The van der Waals surface area contributed by atoms with Crippen LogP contribution in [0.4, 0.5) is 0 Å². The lowest BCUT2D eigenvalue weighted by Crippen LogP contribution is -2.33. The Morgan fingerprint density at radius 1 is 1.35 bits per heavy atom. The van der Waals surface area contributed by atoms with Crippen molar-refractivity contribution in [3.05, 3.63) is 30.1 Å². The zero-order valence-corrected chi connectivity index (χ0v) is 17.5. The van der Waals surface area contributed by atoms with Gasteiger partial charge in [-0.25, -0.2) is 4.98 Å². The van der Waals surface area contributed by atoms with Crippen molar-refractivity contribution in [2.24, 2.45) is 13.0 Å². The van der Waals surface area contributed by atoms with Gasteiger partial charge in [-0.2, -0.15) is 0 Å². The van der Waals surface area contributed by atoms with Crippen LogP contribution in [0.1, 0.15) is 57.8 Å². The van der Waals surface area contributed by atoms with E-state index in [1.165, 1.54) is 18.6 Å². The summed E-state index contributed by atoms with van der Waals surface area (Å²) in [5.74, 6) is 2.66. The molecule has 0 spiro atoms. The lowest BCUT2D eigenvalue weighted by Gasteiger charge is -2.22. The molecule has 1 amide bonds. The van der Waals surface area contributed by atoms with Crippen molar-refractivity contribution >= 4 is 38.5 Å². The molecule has 26 heavy (non-hydrogen) atoms. The third-order valence-electron chi connectivity index (χ3n) is 4.99. The minimum absolute atomic E-state index is 0.0540. The van der Waals surface area contributed by atoms with Gasteiger partial charge in [-0.15, -0.1) is 0 Å². The summed E-state index contributed by atoms with van der Waals surface area (Å²) in [4.78, 5) is 17.3. The van der Waals surface area contributed by atoms with Crippen molar-refractivity contribution in [2.45, 2.75) is 57.2 Å². The van der Waals surface area contributed by atoms with Gasteiger partial charge in [0.05, 0.1) is 17.1 Å². The minimum atomic E-state index is -0.0540. The molecule has 0 saturated carbocycles. The number of hydrogen-bond donors (Lipinski definition) is 1. The predicted molar refractivity (Wildman–Crippen MR) is 113 cm³/mol. The summed E-state index contributed by atoms with van der Waals surface area (Å²) >= 11 is 0. The Labute approximate surface area is 164 Å². The van der Waals surface area contributed by atoms with Crippen LogP contribution >= 0.6 is 21.6 Å². The highest BCUT2D eigenvalue weighted by Gasteiger charge is 2.23. The molecule has 1 N–H and O–H groups in total. The summed E-state index contributed by atoms with van der Waals surface area (Å²) < 4.78 is 2.11. The van der Waals surface area contributed by atoms with Gasteiger partial charge in [0.1, 0.15) is 5.82 Å². The summed E-state index contributed by atoms with van der Waals surface area (Å²) in [5.41, 5.74) is 2.09. The molecule has 0 radical (unpaired) electrons. The topological polar surface area (TPSA) is 46.9 Å². The first kappa shape index (κ1) is 19.6. The van der Waals surface area contributed by atoms with E-state index in [2.05, 4.69) is 29.8 Å². The monoisotopic (exact) mass is 391 g/mol. The van der Waals surface area contributed by atoms with Gasteiger partial charge >= 0.3 is 0 Å². The highest BCUT2D eigenvalue weighted by atomic mass is 33.1. The molecule has 1 aliphatic rings. The average molecular weight is 392 g/mol. The van der Waals surface area contributed by atoms with Crippen LogP contribution in [-0.4, -0.2) is 26.5 Å². The standard InChI is InChI=1S/C20H29N3OS2/c1-14(2)19(20-21-16-9-5-6-10-17(16)23(20)3)22-18(24)11-7-4-8-15-12-13-25-26-15/h5-6,9-10,14-15,19H,4,7-8,11-13H2,1-3H3,(H,22,24)/t15-,19-/m1/s1. The normalized spacial score (nSPS) is 18.5. The Balaban J connectivity index is 1.57. The molecule has 0 aliphatic carbocycles. The van der Waals surface area contributed by atoms with Crippen molar-refractivity contribution in [3.63, 3.8) is 0 Å². The van der Waals surface area contributed by atoms with Crippen LogP contribution in [0, 0.1) is 5.92 Å². The number of unbranched alkanes of at least 4 members (excludes halogenated alkanes) is 1. The second kappa shape index (κ2) is 9.18. The van der Waals surface area contributed by atoms with Crippen molar-refractivity contribution in [2.75, 3.05) is 5.75 Å². The third kappa shape index (κ3) is 4.77. The SMILES string of the molecule is CC(C)[C@@H](NC(=O)CCCC[C@@H]1CCSS1)c1nc2ccccc2n1C. The highest BCUT2D eigenvalue weighted by Crippen LogP contribution is 2.39. The van der Waals surface area contributed by atoms with E-state index in [4.69, 9.17) is 4.98 Å². The first-order chi connectivity index (χ1) is 12.6. The fourth-order valence-electron chi connectivity index (χ4n) is 3.44. The number of para-hydroxylation sites is 2. The Kier molecular flexibility index (Phi) is 6.92. The maximum absolute atomic E-state index is 12.5. The largest absolute Gasteiger partial charge is 0.346 e. The number of benzene rings is 1. The molecule has 3 rings (SSSR count). The lowest BCUT2D eigenvalue weighted by molar-refractivity contribution is -0.122. The van der Waals surface area contributed by atoms with Crippen molar-refractivity contribution < 1.29 is 4.79 Å². The van der Waals surface area contributed by atoms with Crippen LogP contribution in [0.25, 0.3) is 11.0 Å². The number of rotatable bonds is 8. The van der Waals surface area contributed by atoms with Crippen molar-refractivity contribution in [1.82, 2.24) is 14.9 Å². The molecule has 1 aliphatic heterocycles. The van der Waals surface area contributed by atoms with Gasteiger partial charge in [0.25, 0.3) is 0 Å². The molecule has 4 nitrogen and oxygen atoms in total. The fraction of sp³-hybridized carbons (Fsp3) is 0.600. The number of aromatic nitrogens is 2. The molecule has 2 atom stereocenters. The summed E-state index contributed by atoms with van der Waals surface area (Å²) in [6.45, 7) is 4.28. The van der Waals surface area contributed by atoms with Crippen LogP contribution in [0.3, 0.4) is 0 Å². The van der Waals surface area contributed by atoms with Gasteiger partial charge in [0.2, 0.25) is 5.91 Å². The Hall–Kier alpha value is -1.14. The van der Waals surface area contributed by atoms with Crippen LogP contribution in [0.15, 0.2) is 24.3 Å². The second-order valence-corrected chi connectivity index (χ2v) is 10.2. The maximum Gasteiger partial charge on any atom is 0.220 e. The third-order valence-corrected chi connectivity index (χ3v) is 8.00. The summed E-state index contributed by atoms with van der Waals surface area (Å²) in [5, 5.41) is 4.03. The summed E-state index contributed by atoms with van der Waals surface area (Å²) in [6, 6.07) is 8.07. The zero-order chi connectivity index (χ0) is 18.5. The molecule has 2 aromatic rings. The molecule has 6 heteroatoms. The van der Waals surface area contributed by atoms with Crippen LogP contribution < -0.4 is 5.32 Å². The van der Waals surface area contributed by atoms with E-state index in [-0.39, 0.29) is 11.9 Å². The Morgan fingerprint density at radius 3 is 2.85 bits per heavy atom. The number of nitrogens with one attached hydrogen (secondary N) is 1. The van der Waals surface area contributed by atoms with Gasteiger partial charge in [-0.05, 0) is 37.3 Å². The van der Waals surface area contributed by atoms with Crippen molar-refractivity contribution in [1.29, 1.82) is 0 Å². The molecule has 1 fully saturated rings. The zero-order valence-electron chi connectivity index (χ0n) is 15.9. The van der Waals surface area contributed by atoms with Gasteiger partial charge in [0.15, 0.2) is 0 Å². The molecule has 1 aromatic heterocycles. The number of fused-ring (bicyclic) bond motifs is 1. The lowest BCUT2D eigenvalue weighted by atomic mass is 10.0. The number of aryl methyl sites for hydroxylation is 1. The molecular weight excluding hydrogens is 362 g/mol. The summed E-state index contributed by atoms with van der Waals surface area (Å²) in [7, 11) is 6.04. The number of carbonyl (C=O) groups is 1. The average Bonchev–Trinajstić information content (AvgIpc) is 3.25. The van der Waals surface area contributed by atoms with E-state index in [0.717, 1.165) is 34.9 Å². The highest BCUT2D eigenvalue weighted by molar-refractivity contribution is 8.77. The molecule has 0 unspecified atom stereocenters. The second-order valence-electron chi connectivity index (χ2n) is 7.38. The summed E-state index contributed by atoms with van der Waals surface area (Å²) in [6.07, 6.45) is 5.29. The number of nitrogens with zero attached hydrogens (tertiary/aromatic N) is 2. The van der Waals surface area contributed by atoms with E-state index in [9.17, 15) is 4.79 Å². The van der Waals surface area contributed by atoms with Crippen LogP contribution in [-0.2, 0) is 11.8 Å². The Morgan fingerprint density at radius 2 is 2.15 bits per heavy atom. The maximum atomic E-state index is 12.5. The molecule has 142 valence electrons. The number of carbonyl (C=O) groups excluding carboxylic acids is 1. The first-order valence-corrected chi connectivity index (χ1v) is 11.9. The number of hydrogen-bond acceptors (Lipinski definition) is 4. The number of imidazole rings is 1. The van der Waals surface area contributed by atoms with Crippen LogP contribution in [0.5, 0.6) is 0 Å². The molecule has 0 bridgehead atoms. The molecular formula is C20H29N3OS2. The van der Waals surface area contributed by atoms with E-state index in [0.29, 0.717) is 12.3 Å². The fourth-order valence-corrected chi connectivity index (χ4v) is 6.47. The quantitative estimate of drug-likeness (QED) is 0.502. The Bertz CT molecular complexity index is 738. The minimum Gasteiger partial charge on any atom is -0.346 e.